The third-order valence-corrected chi connectivity index (χ3v) is 4.38. The number of para-hydroxylation sites is 1. The van der Waals surface area contributed by atoms with Gasteiger partial charge in [0.05, 0.1) is 11.4 Å². The van der Waals surface area contributed by atoms with Crippen molar-refractivity contribution in [2.45, 2.75) is 25.3 Å². The fourth-order valence-electron chi connectivity index (χ4n) is 3.14. The molecule has 3 nitrogen and oxygen atoms in total. The molecule has 4 rings (SSSR count). The maximum absolute atomic E-state index is 6.05. The molecule has 1 aliphatic carbocycles. The summed E-state index contributed by atoms with van der Waals surface area (Å²) in [6.45, 7) is 0. The van der Waals surface area contributed by atoms with Crippen molar-refractivity contribution >= 4 is 0 Å². The van der Waals surface area contributed by atoms with Gasteiger partial charge in [-0.2, -0.15) is 5.10 Å². The van der Waals surface area contributed by atoms with E-state index in [9.17, 15) is 0 Å². The molecule has 1 heterocycles. The van der Waals surface area contributed by atoms with E-state index >= 15 is 0 Å². The molecule has 3 heteroatoms. The van der Waals surface area contributed by atoms with E-state index in [4.69, 9.17) is 10.8 Å². The van der Waals surface area contributed by atoms with Gasteiger partial charge in [-0.15, -0.1) is 0 Å². The Morgan fingerprint density at radius 3 is 2.73 bits per heavy atom. The molecule has 0 unspecified atom stereocenters. The van der Waals surface area contributed by atoms with Crippen molar-refractivity contribution in [2.75, 3.05) is 0 Å². The van der Waals surface area contributed by atoms with Crippen LogP contribution in [0.5, 0.6) is 0 Å². The predicted molar refractivity (Wildman–Crippen MR) is 89.0 cm³/mol. The van der Waals surface area contributed by atoms with E-state index in [1.165, 1.54) is 16.7 Å². The Hall–Kier alpha value is -2.39. The van der Waals surface area contributed by atoms with Gasteiger partial charge in [0.1, 0.15) is 0 Å². The first-order chi connectivity index (χ1) is 10.8. The minimum absolute atomic E-state index is 0.315. The average Bonchev–Trinajstić information content (AvgIpc) is 3.05. The van der Waals surface area contributed by atoms with E-state index in [0.29, 0.717) is 6.04 Å². The number of aromatic nitrogens is 2. The molecule has 0 fully saturated rings. The quantitative estimate of drug-likeness (QED) is 0.786. The molecule has 1 aliphatic rings. The van der Waals surface area contributed by atoms with Crippen molar-refractivity contribution in [2.24, 2.45) is 5.73 Å². The summed E-state index contributed by atoms with van der Waals surface area (Å²) in [5, 5.41) is 4.71. The summed E-state index contributed by atoms with van der Waals surface area (Å²) in [5.74, 6) is 0. The summed E-state index contributed by atoms with van der Waals surface area (Å²) < 4.78 is 1.92. The number of benzene rings is 2. The summed E-state index contributed by atoms with van der Waals surface area (Å²) in [5.41, 5.74) is 12.1. The molecule has 1 atom stereocenters. The van der Waals surface area contributed by atoms with Crippen molar-refractivity contribution in [3.05, 3.63) is 71.9 Å². The van der Waals surface area contributed by atoms with Crippen LogP contribution in [0.4, 0.5) is 0 Å². The minimum atomic E-state index is 0.315. The van der Waals surface area contributed by atoms with Crippen molar-refractivity contribution in [3.63, 3.8) is 0 Å². The van der Waals surface area contributed by atoms with Gasteiger partial charge in [-0.1, -0.05) is 30.3 Å². The molecule has 0 amide bonds. The lowest BCUT2D eigenvalue weighted by Gasteiger charge is -2.21. The molecule has 0 spiro atoms. The van der Waals surface area contributed by atoms with Gasteiger partial charge in [0, 0.05) is 17.8 Å². The van der Waals surface area contributed by atoms with E-state index in [0.717, 1.165) is 30.6 Å². The molecule has 110 valence electrons. The van der Waals surface area contributed by atoms with Gasteiger partial charge in [0.2, 0.25) is 0 Å². The van der Waals surface area contributed by atoms with Crippen LogP contribution in [0.15, 0.2) is 60.8 Å². The number of fused-ring (bicyclic) bond motifs is 1. The number of nitrogens with zero attached hydrogens (tertiary/aromatic N) is 2. The molecule has 1 aromatic heterocycles. The van der Waals surface area contributed by atoms with E-state index < -0.39 is 0 Å². The molecule has 0 saturated heterocycles. The number of nitrogens with two attached hydrogens (primary N) is 1. The fraction of sp³-hybridized carbons (Fsp3) is 0.211. The van der Waals surface area contributed by atoms with Crippen LogP contribution >= 0.6 is 0 Å². The Labute approximate surface area is 130 Å². The van der Waals surface area contributed by atoms with Crippen LogP contribution in [0, 0.1) is 0 Å². The van der Waals surface area contributed by atoms with E-state index in [2.05, 4.69) is 36.4 Å². The molecule has 0 radical (unpaired) electrons. The van der Waals surface area contributed by atoms with Gasteiger partial charge in [0.15, 0.2) is 0 Å². The molecule has 0 aliphatic heterocycles. The third kappa shape index (κ3) is 2.44. The summed E-state index contributed by atoms with van der Waals surface area (Å²) in [4.78, 5) is 0. The van der Waals surface area contributed by atoms with Gasteiger partial charge in [-0.3, -0.25) is 0 Å². The minimum Gasteiger partial charge on any atom is -0.327 e. The largest absolute Gasteiger partial charge is 0.327 e. The lowest BCUT2D eigenvalue weighted by Crippen LogP contribution is -2.27. The van der Waals surface area contributed by atoms with Gasteiger partial charge < -0.3 is 5.73 Å². The zero-order valence-electron chi connectivity index (χ0n) is 12.4. The smallest absolute Gasteiger partial charge is 0.0927 e. The van der Waals surface area contributed by atoms with Gasteiger partial charge in [0.25, 0.3) is 0 Å². The van der Waals surface area contributed by atoms with Gasteiger partial charge in [-0.05, 0) is 54.7 Å². The van der Waals surface area contributed by atoms with Crippen LogP contribution in [0.3, 0.4) is 0 Å². The highest BCUT2D eigenvalue weighted by atomic mass is 15.3. The van der Waals surface area contributed by atoms with Crippen molar-refractivity contribution < 1.29 is 0 Å². The van der Waals surface area contributed by atoms with E-state index in [1.807, 2.05) is 29.1 Å². The summed E-state index contributed by atoms with van der Waals surface area (Å²) in [6.07, 6.45) is 5.16. The van der Waals surface area contributed by atoms with E-state index in [1.54, 1.807) is 0 Å². The Morgan fingerprint density at radius 2 is 1.86 bits per heavy atom. The molecular formula is C19H19N3. The summed E-state index contributed by atoms with van der Waals surface area (Å²) in [7, 11) is 0. The SMILES string of the molecule is N[C@H]1CCc2cc(-c3ccn(-c4ccccc4)n3)ccc2C1. The van der Waals surface area contributed by atoms with Crippen molar-refractivity contribution in [3.8, 4) is 16.9 Å². The predicted octanol–water partition coefficient (Wildman–Crippen LogP) is 3.36. The highest BCUT2D eigenvalue weighted by Gasteiger charge is 2.16. The maximum Gasteiger partial charge on any atom is 0.0927 e. The maximum atomic E-state index is 6.05. The summed E-state index contributed by atoms with van der Waals surface area (Å²) >= 11 is 0. The average molecular weight is 289 g/mol. The third-order valence-electron chi connectivity index (χ3n) is 4.38. The van der Waals surface area contributed by atoms with E-state index in [-0.39, 0.29) is 0 Å². The van der Waals surface area contributed by atoms with Crippen LogP contribution in [0.2, 0.25) is 0 Å². The number of rotatable bonds is 2. The lowest BCUT2D eigenvalue weighted by molar-refractivity contribution is 0.576. The molecule has 22 heavy (non-hydrogen) atoms. The van der Waals surface area contributed by atoms with Crippen LogP contribution in [0.1, 0.15) is 17.5 Å². The first kappa shape index (κ1) is 13.3. The second-order valence-electron chi connectivity index (χ2n) is 5.97. The zero-order valence-corrected chi connectivity index (χ0v) is 12.4. The Kier molecular flexibility index (Phi) is 3.28. The number of hydrogen-bond acceptors (Lipinski definition) is 2. The number of aryl methyl sites for hydroxylation is 1. The Bertz CT molecular complexity index is 789. The topological polar surface area (TPSA) is 43.8 Å². The van der Waals surface area contributed by atoms with Crippen LogP contribution in [-0.4, -0.2) is 15.8 Å². The number of hydrogen-bond donors (Lipinski definition) is 1. The highest BCUT2D eigenvalue weighted by Crippen LogP contribution is 2.26. The van der Waals surface area contributed by atoms with Crippen molar-refractivity contribution in [1.29, 1.82) is 0 Å². The fourth-order valence-corrected chi connectivity index (χ4v) is 3.14. The first-order valence-electron chi connectivity index (χ1n) is 7.78. The molecular weight excluding hydrogens is 270 g/mol. The highest BCUT2D eigenvalue weighted by molar-refractivity contribution is 5.61. The normalized spacial score (nSPS) is 17.2. The van der Waals surface area contributed by atoms with Gasteiger partial charge in [-0.25, -0.2) is 4.68 Å². The molecule has 3 aromatic rings. The second-order valence-corrected chi connectivity index (χ2v) is 5.97. The van der Waals surface area contributed by atoms with Gasteiger partial charge >= 0.3 is 0 Å². The van der Waals surface area contributed by atoms with Crippen LogP contribution < -0.4 is 5.73 Å². The van der Waals surface area contributed by atoms with Crippen LogP contribution in [-0.2, 0) is 12.8 Å². The Balaban J connectivity index is 1.67. The van der Waals surface area contributed by atoms with Crippen LogP contribution in [0.25, 0.3) is 16.9 Å². The lowest BCUT2D eigenvalue weighted by atomic mass is 9.87. The molecule has 0 bridgehead atoms. The molecule has 0 saturated carbocycles. The molecule has 2 N–H and O–H groups in total. The zero-order chi connectivity index (χ0) is 14.9. The summed E-state index contributed by atoms with van der Waals surface area (Å²) in [6, 6.07) is 19.2. The standard InChI is InChI=1S/C19H19N3/c20-17-9-8-14-12-16(7-6-15(14)13-17)19-10-11-22(21-19)18-4-2-1-3-5-18/h1-7,10-12,17H,8-9,13,20H2/t17-/m0/s1. The first-order valence-corrected chi connectivity index (χ1v) is 7.78. The second kappa shape index (κ2) is 5.43. The Morgan fingerprint density at radius 1 is 1.00 bits per heavy atom. The van der Waals surface area contributed by atoms with Crippen molar-refractivity contribution in [1.82, 2.24) is 9.78 Å². The molecule has 2 aromatic carbocycles. The monoisotopic (exact) mass is 289 g/mol.